The molecule has 4 rings (SSSR count). The lowest BCUT2D eigenvalue weighted by molar-refractivity contribution is -0.122. The number of aryl methyl sites for hydroxylation is 1. The summed E-state index contributed by atoms with van der Waals surface area (Å²) in [4.78, 5) is 15.4. The zero-order chi connectivity index (χ0) is 18.1. The van der Waals surface area contributed by atoms with Crippen molar-refractivity contribution in [3.05, 3.63) is 71.6 Å². The van der Waals surface area contributed by atoms with E-state index >= 15 is 0 Å². The lowest BCUT2D eigenvalue weighted by atomic mass is 10.0. The number of hydrogen-bond acceptors (Lipinski definition) is 2. The van der Waals surface area contributed by atoms with E-state index in [4.69, 9.17) is 0 Å². The molecule has 3 N–H and O–H groups in total. The largest absolute Gasteiger partial charge is 0.354 e. The smallest absolute Gasteiger partial charge is 0.241 e. The first-order valence-corrected chi connectivity index (χ1v) is 8.67. The van der Waals surface area contributed by atoms with Gasteiger partial charge in [-0.15, -0.1) is 0 Å². The first kappa shape index (κ1) is 16.5. The first-order chi connectivity index (χ1) is 12.6. The standard InChI is InChI=1S/C21H20FN3O/c1-13-16-11-14(12-24-21(26)19-7-4-10-23-19)8-9-18(16)25-20(13)15-5-2-3-6-17(15)22/h2-9,11,19,23,25H,10,12H2,1H3,(H,24,26)/t19-/m0/s1. The van der Waals surface area contributed by atoms with Crippen LogP contribution in [0.5, 0.6) is 0 Å². The number of rotatable bonds is 4. The van der Waals surface area contributed by atoms with Gasteiger partial charge in [-0.25, -0.2) is 4.39 Å². The topological polar surface area (TPSA) is 56.9 Å². The molecule has 26 heavy (non-hydrogen) atoms. The summed E-state index contributed by atoms with van der Waals surface area (Å²) >= 11 is 0. The summed E-state index contributed by atoms with van der Waals surface area (Å²) in [5.74, 6) is -0.275. The average molecular weight is 349 g/mol. The van der Waals surface area contributed by atoms with Crippen LogP contribution in [0.2, 0.25) is 0 Å². The van der Waals surface area contributed by atoms with Crippen LogP contribution >= 0.6 is 0 Å². The van der Waals surface area contributed by atoms with Gasteiger partial charge in [-0.05, 0) is 42.3 Å². The fraction of sp³-hybridized carbons (Fsp3) is 0.190. The Bertz CT molecular complexity index is 1010. The second-order valence-corrected chi connectivity index (χ2v) is 6.52. The number of hydrogen-bond donors (Lipinski definition) is 3. The Kier molecular flexibility index (Phi) is 4.31. The molecule has 4 nitrogen and oxygen atoms in total. The van der Waals surface area contributed by atoms with Crippen LogP contribution in [0.3, 0.4) is 0 Å². The molecule has 0 radical (unpaired) electrons. The molecule has 0 saturated carbocycles. The van der Waals surface area contributed by atoms with Gasteiger partial charge in [0, 0.05) is 29.6 Å². The van der Waals surface area contributed by atoms with Crippen molar-refractivity contribution in [2.24, 2.45) is 0 Å². The molecule has 5 heteroatoms. The lowest BCUT2D eigenvalue weighted by Crippen LogP contribution is -2.40. The Morgan fingerprint density at radius 1 is 1.27 bits per heavy atom. The summed E-state index contributed by atoms with van der Waals surface area (Å²) in [5.41, 5.74) is 4.32. The minimum absolute atomic E-state index is 0.0308. The predicted molar refractivity (Wildman–Crippen MR) is 101 cm³/mol. The maximum Gasteiger partial charge on any atom is 0.241 e. The fourth-order valence-corrected chi connectivity index (χ4v) is 3.36. The number of carbonyl (C=O) groups is 1. The van der Waals surface area contributed by atoms with Crippen molar-refractivity contribution in [2.45, 2.75) is 19.5 Å². The van der Waals surface area contributed by atoms with Gasteiger partial charge in [-0.1, -0.05) is 30.4 Å². The second kappa shape index (κ2) is 6.77. The quantitative estimate of drug-likeness (QED) is 0.632. The van der Waals surface area contributed by atoms with Crippen LogP contribution < -0.4 is 10.6 Å². The van der Waals surface area contributed by atoms with E-state index in [0.717, 1.165) is 34.3 Å². The molecule has 1 atom stereocenters. The van der Waals surface area contributed by atoms with Crippen LogP contribution in [0.25, 0.3) is 22.2 Å². The molecule has 2 aromatic carbocycles. The van der Waals surface area contributed by atoms with E-state index in [1.165, 1.54) is 6.07 Å². The normalized spacial score (nSPS) is 16.3. The number of benzene rings is 2. The van der Waals surface area contributed by atoms with Crippen LogP contribution in [0.1, 0.15) is 11.1 Å². The number of amides is 1. The molecule has 0 bridgehead atoms. The monoisotopic (exact) mass is 349 g/mol. The number of fused-ring (bicyclic) bond motifs is 1. The molecule has 1 aliphatic heterocycles. The summed E-state index contributed by atoms with van der Waals surface area (Å²) in [6, 6.07) is 12.5. The third-order valence-corrected chi connectivity index (χ3v) is 4.80. The Hall–Kier alpha value is -2.92. The van der Waals surface area contributed by atoms with E-state index < -0.39 is 0 Å². The highest BCUT2D eigenvalue weighted by atomic mass is 19.1. The van der Waals surface area contributed by atoms with Crippen LogP contribution in [0, 0.1) is 12.7 Å². The molecule has 1 amide bonds. The molecule has 2 heterocycles. The Balaban J connectivity index is 1.59. The average Bonchev–Trinajstić information content (AvgIpc) is 3.29. The number of H-pyrrole nitrogens is 1. The highest BCUT2D eigenvalue weighted by molar-refractivity contribution is 5.91. The van der Waals surface area contributed by atoms with Gasteiger partial charge in [0.25, 0.3) is 0 Å². The molecule has 0 spiro atoms. The number of nitrogens with one attached hydrogen (secondary N) is 3. The first-order valence-electron chi connectivity index (χ1n) is 8.67. The van der Waals surface area contributed by atoms with Gasteiger partial charge in [-0.3, -0.25) is 10.1 Å². The molecule has 0 fully saturated rings. The predicted octanol–water partition coefficient (Wildman–Crippen LogP) is 3.43. The summed E-state index contributed by atoms with van der Waals surface area (Å²) in [6.07, 6.45) is 3.82. The van der Waals surface area contributed by atoms with Crippen molar-refractivity contribution in [2.75, 3.05) is 6.54 Å². The third kappa shape index (κ3) is 3.02. The van der Waals surface area contributed by atoms with E-state index in [-0.39, 0.29) is 17.8 Å². The summed E-state index contributed by atoms with van der Waals surface area (Å²) in [7, 11) is 0. The molecule has 3 aromatic rings. The number of aromatic nitrogens is 1. The van der Waals surface area contributed by atoms with E-state index in [1.807, 2.05) is 43.3 Å². The van der Waals surface area contributed by atoms with E-state index in [2.05, 4.69) is 15.6 Å². The summed E-state index contributed by atoms with van der Waals surface area (Å²) in [5, 5.41) is 7.08. The van der Waals surface area contributed by atoms with Gasteiger partial charge in [0.05, 0.1) is 5.69 Å². The van der Waals surface area contributed by atoms with E-state index in [0.29, 0.717) is 12.1 Å². The Morgan fingerprint density at radius 2 is 2.12 bits per heavy atom. The zero-order valence-corrected chi connectivity index (χ0v) is 14.5. The van der Waals surface area contributed by atoms with Crippen molar-refractivity contribution >= 4 is 16.8 Å². The van der Waals surface area contributed by atoms with Crippen molar-refractivity contribution in [1.29, 1.82) is 0 Å². The van der Waals surface area contributed by atoms with Gasteiger partial charge in [0.1, 0.15) is 11.9 Å². The second-order valence-electron chi connectivity index (χ2n) is 6.52. The van der Waals surface area contributed by atoms with Crippen molar-refractivity contribution < 1.29 is 9.18 Å². The Morgan fingerprint density at radius 3 is 2.88 bits per heavy atom. The van der Waals surface area contributed by atoms with Gasteiger partial charge in [0.15, 0.2) is 0 Å². The van der Waals surface area contributed by atoms with Crippen LogP contribution in [-0.2, 0) is 11.3 Å². The van der Waals surface area contributed by atoms with Gasteiger partial charge in [-0.2, -0.15) is 0 Å². The highest BCUT2D eigenvalue weighted by Gasteiger charge is 2.17. The summed E-state index contributed by atoms with van der Waals surface area (Å²) < 4.78 is 14.1. The number of carbonyl (C=O) groups excluding carboxylic acids is 1. The molecule has 0 saturated heterocycles. The lowest BCUT2D eigenvalue weighted by Gasteiger charge is -2.10. The minimum Gasteiger partial charge on any atom is -0.354 e. The molecule has 1 aromatic heterocycles. The van der Waals surface area contributed by atoms with Crippen molar-refractivity contribution in [3.63, 3.8) is 0 Å². The van der Waals surface area contributed by atoms with Crippen LogP contribution in [-0.4, -0.2) is 23.5 Å². The zero-order valence-electron chi connectivity index (χ0n) is 14.5. The maximum atomic E-state index is 14.1. The molecule has 1 aliphatic rings. The Labute approximate surface area is 151 Å². The van der Waals surface area contributed by atoms with Gasteiger partial charge < -0.3 is 10.3 Å². The number of halogens is 1. The molecule has 0 unspecified atom stereocenters. The maximum absolute atomic E-state index is 14.1. The molecular formula is C21H20FN3O. The highest BCUT2D eigenvalue weighted by Crippen LogP contribution is 2.31. The van der Waals surface area contributed by atoms with Crippen LogP contribution in [0.4, 0.5) is 4.39 Å². The van der Waals surface area contributed by atoms with Crippen molar-refractivity contribution in [3.8, 4) is 11.3 Å². The molecule has 0 aliphatic carbocycles. The summed E-state index contributed by atoms with van der Waals surface area (Å²) in [6.45, 7) is 3.17. The molecule has 132 valence electrons. The SMILES string of the molecule is Cc1c(-c2ccccc2F)[nH]c2ccc(CNC(=O)[C@@H]3C=CCN3)cc12. The van der Waals surface area contributed by atoms with E-state index in [9.17, 15) is 9.18 Å². The fourth-order valence-electron chi connectivity index (χ4n) is 3.36. The van der Waals surface area contributed by atoms with Crippen molar-refractivity contribution in [1.82, 2.24) is 15.6 Å². The number of aromatic amines is 1. The van der Waals surface area contributed by atoms with E-state index in [1.54, 1.807) is 12.1 Å². The molecular weight excluding hydrogens is 329 g/mol. The van der Waals surface area contributed by atoms with Gasteiger partial charge >= 0.3 is 0 Å². The van der Waals surface area contributed by atoms with Gasteiger partial charge in [0.2, 0.25) is 5.91 Å². The minimum atomic E-state index is -0.250. The van der Waals surface area contributed by atoms with Crippen LogP contribution in [0.15, 0.2) is 54.6 Å². The third-order valence-electron chi connectivity index (χ3n) is 4.80.